The highest BCUT2D eigenvalue weighted by molar-refractivity contribution is 6.52. The SMILES string of the molecule is CC(C)Oc1ccc(/C(O)=C2\C(=O)C(=O)N(c3cc(Cl)ccc3O)C2c2ccncc2)cc1. The third kappa shape index (κ3) is 4.27. The maximum absolute atomic E-state index is 13.1. The largest absolute Gasteiger partial charge is 0.507 e. The fourth-order valence-electron chi connectivity index (χ4n) is 3.75. The third-order valence-corrected chi connectivity index (χ3v) is 5.40. The highest BCUT2D eigenvalue weighted by Gasteiger charge is 2.47. The molecule has 2 N–H and O–H groups in total. The van der Waals surface area contributed by atoms with Crippen molar-refractivity contribution >= 4 is 34.7 Å². The quantitative estimate of drug-likeness (QED) is 0.318. The van der Waals surface area contributed by atoms with E-state index >= 15 is 0 Å². The zero-order valence-corrected chi connectivity index (χ0v) is 18.7. The summed E-state index contributed by atoms with van der Waals surface area (Å²) in [4.78, 5) is 31.4. The summed E-state index contributed by atoms with van der Waals surface area (Å²) in [6.45, 7) is 3.80. The lowest BCUT2D eigenvalue weighted by Gasteiger charge is -2.26. The van der Waals surface area contributed by atoms with E-state index in [2.05, 4.69) is 4.98 Å². The normalized spacial score (nSPS) is 17.6. The molecule has 1 unspecified atom stereocenters. The Morgan fingerprint density at radius 3 is 2.36 bits per heavy atom. The summed E-state index contributed by atoms with van der Waals surface area (Å²) < 4.78 is 5.63. The molecule has 0 spiro atoms. The van der Waals surface area contributed by atoms with Crippen molar-refractivity contribution in [2.45, 2.75) is 26.0 Å². The molecule has 0 radical (unpaired) electrons. The Morgan fingerprint density at radius 2 is 1.73 bits per heavy atom. The molecule has 1 saturated heterocycles. The number of rotatable bonds is 5. The molecule has 1 aliphatic heterocycles. The van der Waals surface area contributed by atoms with Crippen LogP contribution in [0.1, 0.15) is 31.0 Å². The molecule has 1 atom stereocenters. The van der Waals surface area contributed by atoms with Crippen molar-refractivity contribution in [1.82, 2.24) is 4.98 Å². The van der Waals surface area contributed by atoms with Crippen LogP contribution >= 0.6 is 11.6 Å². The Kier molecular flexibility index (Phi) is 6.07. The van der Waals surface area contributed by atoms with Gasteiger partial charge in [0.05, 0.1) is 23.4 Å². The van der Waals surface area contributed by atoms with Crippen molar-refractivity contribution in [3.05, 3.63) is 88.7 Å². The minimum Gasteiger partial charge on any atom is -0.507 e. The van der Waals surface area contributed by atoms with Gasteiger partial charge in [0.15, 0.2) is 0 Å². The number of aromatic nitrogens is 1. The predicted molar refractivity (Wildman–Crippen MR) is 124 cm³/mol. The number of nitrogens with zero attached hydrogens (tertiary/aromatic N) is 2. The first-order valence-electron chi connectivity index (χ1n) is 10.2. The van der Waals surface area contributed by atoms with E-state index < -0.39 is 17.7 Å². The lowest BCUT2D eigenvalue weighted by atomic mass is 9.95. The first-order chi connectivity index (χ1) is 15.8. The van der Waals surface area contributed by atoms with Crippen LogP contribution in [0.15, 0.2) is 72.6 Å². The summed E-state index contributed by atoms with van der Waals surface area (Å²) in [5, 5.41) is 21.9. The fraction of sp³-hybridized carbons (Fsp3) is 0.160. The van der Waals surface area contributed by atoms with E-state index in [1.165, 1.54) is 30.6 Å². The Morgan fingerprint density at radius 1 is 1.06 bits per heavy atom. The van der Waals surface area contributed by atoms with Gasteiger partial charge in [-0.05, 0) is 74.0 Å². The number of ketones is 1. The molecule has 33 heavy (non-hydrogen) atoms. The Hall–Kier alpha value is -3.84. The van der Waals surface area contributed by atoms with Gasteiger partial charge in [-0.1, -0.05) is 11.6 Å². The van der Waals surface area contributed by atoms with Gasteiger partial charge in [0.25, 0.3) is 11.7 Å². The fourth-order valence-corrected chi connectivity index (χ4v) is 3.92. The topological polar surface area (TPSA) is 100.0 Å². The molecule has 8 heteroatoms. The van der Waals surface area contributed by atoms with Crippen LogP contribution in [0.2, 0.25) is 5.02 Å². The minimum absolute atomic E-state index is 0.0214. The number of halogens is 1. The number of hydrogen-bond acceptors (Lipinski definition) is 6. The standard InChI is InChI=1S/C25H21ClN2O5/c1-14(2)33-18-6-3-16(4-7-18)23(30)21-22(15-9-11-27-12-10-15)28(25(32)24(21)31)19-13-17(26)5-8-20(19)29/h3-14,22,29-30H,1-2H3/b23-21+. The number of anilines is 1. The molecule has 168 valence electrons. The third-order valence-electron chi connectivity index (χ3n) is 5.16. The summed E-state index contributed by atoms with van der Waals surface area (Å²) in [7, 11) is 0. The van der Waals surface area contributed by atoms with Crippen LogP contribution in [0.4, 0.5) is 5.69 Å². The first kappa shape index (κ1) is 22.4. The molecule has 1 aromatic heterocycles. The van der Waals surface area contributed by atoms with Crippen molar-refractivity contribution in [2.75, 3.05) is 4.90 Å². The highest BCUT2D eigenvalue weighted by Crippen LogP contribution is 2.45. The summed E-state index contributed by atoms with van der Waals surface area (Å²) in [5.74, 6) is -1.73. The average molecular weight is 465 g/mol. The predicted octanol–water partition coefficient (Wildman–Crippen LogP) is 4.85. The smallest absolute Gasteiger partial charge is 0.300 e. The van der Waals surface area contributed by atoms with Gasteiger partial charge in [-0.2, -0.15) is 0 Å². The number of Topliss-reactive ketones (excluding diaryl/α,β-unsaturated/α-hetero) is 1. The van der Waals surface area contributed by atoms with Crippen LogP contribution in [0, 0.1) is 0 Å². The Bertz CT molecular complexity index is 1240. The Labute approximate surface area is 195 Å². The number of hydrogen-bond donors (Lipinski definition) is 2. The van der Waals surface area contributed by atoms with E-state index in [1.807, 2.05) is 13.8 Å². The zero-order valence-electron chi connectivity index (χ0n) is 17.9. The second-order valence-corrected chi connectivity index (χ2v) is 8.21. The van der Waals surface area contributed by atoms with E-state index in [-0.39, 0.29) is 33.9 Å². The monoisotopic (exact) mass is 464 g/mol. The summed E-state index contributed by atoms with van der Waals surface area (Å²) in [5.41, 5.74) is 0.831. The molecule has 2 aromatic carbocycles. The first-order valence-corrected chi connectivity index (χ1v) is 10.6. The molecule has 2 heterocycles. The van der Waals surface area contributed by atoms with E-state index in [1.54, 1.807) is 36.4 Å². The molecule has 4 rings (SSSR count). The molecule has 3 aromatic rings. The molecular formula is C25H21ClN2O5. The second kappa shape index (κ2) is 8.96. The number of carbonyl (C=O) groups is 2. The van der Waals surface area contributed by atoms with Gasteiger partial charge in [0.1, 0.15) is 17.3 Å². The van der Waals surface area contributed by atoms with E-state index in [9.17, 15) is 19.8 Å². The van der Waals surface area contributed by atoms with E-state index in [4.69, 9.17) is 16.3 Å². The number of aliphatic hydroxyl groups is 1. The van der Waals surface area contributed by atoms with Crippen molar-refractivity contribution in [2.24, 2.45) is 0 Å². The maximum atomic E-state index is 13.1. The summed E-state index contributed by atoms with van der Waals surface area (Å²) >= 11 is 6.10. The summed E-state index contributed by atoms with van der Waals surface area (Å²) in [6, 6.07) is 13.1. The number of aromatic hydroxyl groups is 1. The molecule has 1 aliphatic rings. The van der Waals surface area contributed by atoms with Crippen molar-refractivity contribution in [1.29, 1.82) is 0 Å². The summed E-state index contributed by atoms with van der Waals surface area (Å²) in [6.07, 6.45) is 3.02. The Balaban J connectivity index is 1.88. The molecule has 1 fully saturated rings. The molecule has 7 nitrogen and oxygen atoms in total. The minimum atomic E-state index is -0.996. The van der Waals surface area contributed by atoms with Crippen molar-refractivity contribution < 1.29 is 24.5 Å². The van der Waals surface area contributed by atoms with Crippen LogP contribution in [0.3, 0.4) is 0 Å². The van der Waals surface area contributed by atoms with E-state index in [0.717, 1.165) is 4.90 Å². The van der Waals surface area contributed by atoms with Crippen LogP contribution in [-0.2, 0) is 9.59 Å². The average Bonchev–Trinajstić information content (AvgIpc) is 3.06. The van der Waals surface area contributed by atoms with Gasteiger partial charge in [-0.25, -0.2) is 0 Å². The molecule has 0 aliphatic carbocycles. The van der Waals surface area contributed by atoms with Gasteiger partial charge in [0, 0.05) is 23.0 Å². The number of carbonyl (C=O) groups excluding carboxylic acids is 2. The number of ether oxygens (including phenoxy) is 1. The lowest BCUT2D eigenvalue weighted by Crippen LogP contribution is -2.29. The van der Waals surface area contributed by atoms with Crippen LogP contribution < -0.4 is 9.64 Å². The number of pyridine rings is 1. The van der Waals surface area contributed by atoms with Crippen LogP contribution in [-0.4, -0.2) is 33.0 Å². The van der Waals surface area contributed by atoms with Gasteiger partial charge in [0.2, 0.25) is 0 Å². The van der Waals surface area contributed by atoms with Crippen LogP contribution in [0.5, 0.6) is 11.5 Å². The molecule has 0 saturated carbocycles. The lowest BCUT2D eigenvalue weighted by molar-refractivity contribution is -0.132. The van der Waals surface area contributed by atoms with E-state index in [0.29, 0.717) is 16.9 Å². The van der Waals surface area contributed by atoms with Gasteiger partial charge in [-0.3, -0.25) is 19.5 Å². The highest BCUT2D eigenvalue weighted by atomic mass is 35.5. The number of amides is 1. The van der Waals surface area contributed by atoms with Crippen molar-refractivity contribution in [3.8, 4) is 11.5 Å². The molecule has 1 amide bonds. The van der Waals surface area contributed by atoms with Gasteiger partial charge in [-0.15, -0.1) is 0 Å². The van der Waals surface area contributed by atoms with Gasteiger partial charge >= 0.3 is 0 Å². The zero-order chi connectivity index (χ0) is 23.7. The molecule has 0 bridgehead atoms. The maximum Gasteiger partial charge on any atom is 0.300 e. The second-order valence-electron chi connectivity index (χ2n) is 7.77. The number of phenols is 1. The van der Waals surface area contributed by atoms with Gasteiger partial charge < -0.3 is 14.9 Å². The number of phenolic OH excluding ortho intramolecular Hbond substituents is 1. The number of benzene rings is 2. The number of aliphatic hydroxyl groups excluding tert-OH is 1. The molecular weight excluding hydrogens is 444 g/mol. The van der Waals surface area contributed by atoms with Crippen LogP contribution in [0.25, 0.3) is 5.76 Å². The van der Waals surface area contributed by atoms with Crippen molar-refractivity contribution in [3.63, 3.8) is 0 Å².